The van der Waals surface area contributed by atoms with Crippen molar-refractivity contribution in [1.29, 1.82) is 0 Å². The smallest absolute Gasteiger partial charge is 0.207 e. The lowest BCUT2D eigenvalue weighted by molar-refractivity contribution is 0.202. The number of hydrogen-bond acceptors (Lipinski definition) is 3. The quantitative estimate of drug-likeness (QED) is 0.884. The molecule has 0 saturated heterocycles. The molecule has 1 fully saturated rings. The van der Waals surface area contributed by atoms with Crippen LogP contribution in [-0.2, 0) is 11.2 Å². The van der Waals surface area contributed by atoms with Crippen LogP contribution in [0.3, 0.4) is 0 Å². The van der Waals surface area contributed by atoms with E-state index < -0.39 is 0 Å². The predicted octanol–water partition coefficient (Wildman–Crippen LogP) is 3.42. The molecule has 4 heteroatoms. The number of methoxy groups -OCH3 is 1. The van der Waals surface area contributed by atoms with Crippen LogP contribution in [0.25, 0.3) is 5.69 Å². The SMILES string of the molecule is COCCc1ccccc1-n1ccnc1NC1CCCC1. The van der Waals surface area contributed by atoms with Gasteiger partial charge in [0.25, 0.3) is 0 Å². The molecule has 0 radical (unpaired) electrons. The molecule has 0 bridgehead atoms. The molecule has 0 amide bonds. The van der Waals surface area contributed by atoms with E-state index in [9.17, 15) is 0 Å². The standard InChI is InChI=1S/C17H23N3O/c1-21-13-10-14-6-2-5-9-16(14)20-12-11-18-17(20)19-15-7-3-4-8-15/h2,5-6,9,11-12,15H,3-4,7-8,10,13H2,1H3,(H,18,19). The topological polar surface area (TPSA) is 39.1 Å². The molecule has 4 nitrogen and oxygen atoms in total. The lowest BCUT2D eigenvalue weighted by Gasteiger charge is -2.17. The van der Waals surface area contributed by atoms with Gasteiger partial charge in [0.2, 0.25) is 5.95 Å². The summed E-state index contributed by atoms with van der Waals surface area (Å²) in [6.07, 6.45) is 9.95. The Kier molecular flexibility index (Phi) is 4.55. The Morgan fingerprint density at radius 1 is 1.29 bits per heavy atom. The summed E-state index contributed by atoms with van der Waals surface area (Å²) in [7, 11) is 1.74. The average molecular weight is 285 g/mol. The molecule has 0 atom stereocenters. The summed E-state index contributed by atoms with van der Waals surface area (Å²) in [5, 5.41) is 3.59. The number of hydrogen-bond donors (Lipinski definition) is 1. The summed E-state index contributed by atoms with van der Waals surface area (Å²) in [5.74, 6) is 0.951. The third kappa shape index (κ3) is 3.27. The third-order valence-electron chi connectivity index (χ3n) is 4.16. The van der Waals surface area contributed by atoms with Gasteiger partial charge in [-0.1, -0.05) is 31.0 Å². The van der Waals surface area contributed by atoms with Crippen molar-refractivity contribution in [3.63, 3.8) is 0 Å². The number of ether oxygens (including phenoxy) is 1. The lowest BCUT2D eigenvalue weighted by Crippen LogP contribution is -2.18. The van der Waals surface area contributed by atoms with Crippen molar-refractivity contribution in [3.05, 3.63) is 42.2 Å². The Morgan fingerprint density at radius 2 is 2.10 bits per heavy atom. The number of aromatic nitrogens is 2. The minimum absolute atomic E-state index is 0.567. The van der Waals surface area contributed by atoms with Gasteiger partial charge in [-0.25, -0.2) is 4.98 Å². The normalized spacial score (nSPS) is 15.5. The van der Waals surface area contributed by atoms with Gasteiger partial charge in [0.1, 0.15) is 0 Å². The highest BCUT2D eigenvalue weighted by molar-refractivity contribution is 5.47. The van der Waals surface area contributed by atoms with Crippen LogP contribution >= 0.6 is 0 Å². The Bertz CT molecular complexity index is 573. The third-order valence-corrected chi connectivity index (χ3v) is 4.16. The van der Waals surface area contributed by atoms with Crippen molar-refractivity contribution in [2.24, 2.45) is 0 Å². The highest BCUT2D eigenvalue weighted by Crippen LogP contribution is 2.24. The van der Waals surface area contributed by atoms with Crippen molar-refractivity contribution in [3.8, 4) is 5.69 Å². The molecule has 0 unspecified atom stereocenters. The van der Waals surface area contributed by atoms with Crippen molar-refractivity contribution in [2.75, 3.05) is 19.0 Å². The zero-order valence-electron chi connectivity index (χ0n) is 12.6. The van der Waals surface area contributed by atoms with Crippen LogP contribution in [0.5, 0.6) is 0 Å². The van der Waals surface area contributed by atoms with Crippen LogP contribution in [0, 0.1) is 0 Å². The molecular formula is C17H23N3O. The molecule has 1 aliphatic carbocycles. The zero-order chi connectivity index (χ0) is 14.5. The molecule has 1 aliphatic rings. The molecule has 1 N–H and O–H groups in total. The van der Waals surface area contributed by atoms with Crippen LogP contribution in [0.2, 0.25) is 0 Å². The van der Waals surface area contributed by atoms with Crippen molar-refractivity contribution in [2.45, 2.75) is 38.1 Å². The maximum atomic E-state index is 5.22. The van der Waals surface area contributed by atoms with E-state index in [-0.39, 0.29) is 0 Å². The van der Waals surface area contributed by atoms with Gasteiger partial charge in [-0.2, -0.15) is 0 Å². The molecule has 21 heavy (non-hydrogen) atoms. The van der Waals surface area contributed by atoms with E-state index in [4.69, 9.17) is 4.74 Å². The summed E-state index contributed by atoms with van der Waals surface area (Å²) < 4.78 is 7.37. The summed E-state index contributed by atoms with van der Waals surface area (Å²) in [6, 6.07) is 9.03. The molecule has 2 aromatic rings. The molecule has 1 aromatic heterocycles. The second kappa shape index (κ2) is 6.76. The number of anilines is 1. The molecule has 1 heterocycles. The van der Waals surface area contributed by atoms with Crippen LogP contribution in [0.1, 0.15) is 31.2 Å². The van der Waals surface area contributed by atoms with Crippen LogP contribution < -0.4 is 5.32 Å². The van der Waals surface area contributed by atoms with E-state index in [1.54, 1.807) is 7.11 Å². The second-order valence-corrected chi connectivity index (χ2v) is 5.62. The van der Waals surface area contributed by atoms with E-state index in [0.29, 0.717) is 6.04 Å². The van der Waals surface area contributed by atoms with Crippen LogP contribution in [0.4, 0.5) is 5.95 Å². The van der Waals surface area contributed by atoms with E-state index >= 15 is 0 Å². The minimum Gasteiger partial charge on any atom is -0.384 e. The van der Waals surface area contributed by atoms with Crippen molar-refractivity contribution in [1.82, 2.24) is 9.55 Å². The molecule has 1 aromatic carbocycles. The molecule has 3 rings (SSSR count). The fraction of sp³-hybridized carbons (Fsp3) is 0.471. The van der Waals surface area contributed by atoms with E-state index in [1.807, 2.05) is 12.4 Å². The maximum absolute atomic E-state index is 5.22. The first kappa shape index (κ1) is 14.1. The second-order valence-electron chi connectivity index (χ2n) is 5.62. The van der Waals surface area contributed by atoms with Crippen LogP contribution in [-0.4, -0.2) is 29.3 Å². The summed E-state index contributed by atoms with van der Waals surface area (Å²) in [5.41, 5.74) is 2.47. The number of nitrogens with zero attached hydrogens (tertiary/aromatic N) is 2. The van der Waals surface area contributed by atoms with E-state index in [0.717, 1.165) is 19.0 Å². The number of imidazole rings is 1. The van der Waals surface area contributed by atoms with Gasteiger partial charge < -0.3 is 10.1 Å². The molecule has 0 spiro atoms. The largest absolute Gasteiger partial charge is 0.384 e. The van der Waals surface area contributed by atoms with Crippen molar-refractivity contribution >= 4 is 5.95 Å². The molecule has 0 aliphatic heterocycles. The van der Waals surface area contributed by atoms with Gasteiger partial charge in [-0.15, -0.1) is 0 Å². The van der Waals surface area contributed by atoms with Crippen molar-refractivity contribution < 1.29 is 4.74 Å². The number of rotatable bonds is 6. The van der Waals surface area contributed by atoms with E-state index in [1.165, 1.54) is 36.9 Å². The number of nitrogens with one attached hydrogen (secondary N) is 1. The summed E-state index contributed by atoms with van der Waals surface area (Å²) in [4.78, 5) is 4.50. The maximum Gasteiger partial charge on any atom is 0.207 e. The monoisotopic (exact) mass is 285 g/mol. The highest BCUT2D eigenvalue weighted by Gasteiger charge is 2.17. The Morgan fingerprint density at radius 3 is 2.90 bits per heavy atom. The molecular weight excluding hydrogens is 262 g/mol. The number of para-hydroxylation sites is 1. The molecule has 1 saturated carbocycles. The fourth-order valence-electron chi connectivity index (χ4n) is 3.03. The van der Waals surface area contributed by atoms with Gasteiger partial charge in [-0.05, 0) is 30.9 Å². The van der Waals surface area contributed by atoms with Gasteiger partial charge >= 0.3 is 0 Å². The first-order chi connectivity index (χ1) is 10.4. The Labute approximate surface area is 126 Å². The van der Waals surface area contributed by atoms with Crippen LogP contribution in [0.15, 0.2) is 36.7 Å². The minimum atomic E-state index is 0.567. The van der Waals surface area contributed by atoms with Gasteiger partial charge in [0, 0.05) is 25.5 Å². The summed E-state index contributed by atoms with van der Waals surface area (Å²) in [6.45, 7) is 0.733. The van der Waals surface area contributed by atoms with Gasteiger partial charge in [0.15, 0.2) is 0 Å². The summed E-state index contributed by atoms with van der Waals surface area (Å²) >= 11 is 0. The number of benzene rings is 1. The Hall–Kier alpha value is -1.81. The van der Waals surface area contributed by atoms with Gasteiger partial charge in [-0.3, -0.25) is 4.57 Å². The van der Waals surface area contributed by atoms with Gasteiger partial charge in [0.05, 0.1) is 12.3 Å². The first-order valence-electron chi connectivity index (χ1n) is 7.75. The fourth-order valence-corrected chi connectivity index (χ4v) is 3.03. The highest BCUT2D eigenvalue weighted by atomic mass is 16.5. The predicted molar refractivity (Wildman–Crippen MR) is 85.0 cm³/mol. The zero-order valence-corrected chi connectivity index (χ0v) is 12.6. The lowest BCUT2D eigenvalue weighted by atomic mass is 10.1. The Balaban J connectivity index is 1.85. The molecule has 112 valence electrons. The van der Waals surface area contributed by atoms with E-state index in [2.05, 4.69) is 39.1 Å². The first-order valence-corrected chi connectivity index (χ1v) is 7.75. The average Bonchev–Trinajstić information content (AvgIpc) is 3.18.